The summed E-state index contributed by atoms with van der Waals surface area (Å²) in [7, 11) is 2.10. The van der Waals surface area contributed by atoms with Crippen molar-refractivity contribution in [3.63, 3.8) is 0 Å². The Balaban J connectivity index is 1.85. The van der Waals surface area contributed by atoms with E-state index in [1.807, 2.05) is 12.3 Å². The van der Waals surface area contributed by atoms with Gasteiger partial charge in [0.1, 0.15) is 11.6 Å². The fourth-order valence-electron chi connectivity index (χ4n) is 2.75. The standard InChI is InChI=1S/C17H23N5/c1-13(2)10-22-15-7-5-4-6-14(15)20-17(22)12-21(3)11-16-18-8-9-19-16/h4-9,13H,10-12H2,1-3H3,(H,18,19). The van der Waals surface area contributed by atoms with Crippen molar-refractivity contribution in [1.29, 1.82) is 0 Å². The first kappa shape index (κ1) is 14.8. The summed E-state index contributed by atoms with van der Waals surface area (Å²) in [5.41, 5.74) is 2.29. The van der Waals surface area contributed by atoms with Crippen molar-refractivity contribution in [2.24, 2.45) is 5.92 Å². The van der Waals surface area contributed by atoms with Crippen LogP contribution in [0.1, 0.15) is 25.5 Å². The van der Waals surface area contributed by atoms with Gasteiger partial charge in [-0.05, 0) is 25.1 Å². The number of aromatic amines is 1. The zero-order chi connectivity index (χ0) is 15.5. The zero-order valence-corrected chi connectivity index (χ0v) is 13.5. The van der Waals surface area contributed by atoms with Gasteiger partial charge in [-0.3, -0.25) is 4.90 Å². The number of para-hydroxylation sites is 2. The fourth-order valence-corrected chi connectivity index (χ4v) is 2.75. The Hall–Kier alpha value is -2.14. The molecule has 0 bridgehead atoms. The van der Waals surface area contributed by atoms with Gasteiger partial charge in [0.2, 0.25) is 0 Å². The van der Waals surface area contributed by atoms with Crippen molar-refractivity contribution in [1.82, 2.24) is 24.4 Å². The highest BCUT2D eigenvalue weighted by Gasteiger charge is 2.13. The molecular weight excluding hydrogens is 274 g/mol. The van der Waals surface area contributed by atoms with Gasteiger partial charge < -0.3 is 9.55 Å². The summed E-state index contributed by atoms with van der Waals surface area (Å²) in [6.07, 6.45) is 3.65. The molecule has 0 unspecified atom stereocenters. The van der Waals surface area contributed by atoms with Gasteiger partial charge in [0.15, 0.2) is 0 Å². The van der Waals surface area contributed by atoms with Crippen molar-refractivity contribution in [2.45, 2.75) is 33.5 Å². The van der Waals surface area contributed by atoms with Gasteiger partial charge in [0.25, 0.3) is 0 Å². The van der Waals surface area contributed by atoms with Crippen LogP contribution < -0.4 is 0 Å². The second-order valence-corrected chi connectivity index (χ2v) is 6.23. The predicted octanol–water partition coefficient (Wildman–Crippen LogP) is 3.05. The number of nitrogens with zero attached hydrogens (tertiary/aromatic N) is 4. The van der Waals surface area contributed by atoms with Crippen LogP contribution in [0.5, 0.6) is 0 Å². The first-order chi connectivity index (χ1) is 10.6. The molecule has 0 amide bonds. The lowest BCUT2D eigenvalue weighted by Gasteiger charge is -2.17. The number of H-pyrrole nitrogens is 1. The molecule has 0 aliphatic heterocycles. The maximum atomic E-state index is 4.83. The lowest BCUT2D eigenvalue weighted by atomic mass is 10.2. The van der Waals surface area contributed by atoms with E-state index in [1.54, 1.807) is 6.20 Å². The Morgan fingerprint density at radius 3 is 2.77 bits per heavy atom. The summed E-state index contributed by atoms with van der Waals surface area (Å²) >= 11 is 0. The molecule has 0 atom stereocenters. The summed E-state index contributed by atoms with van der Waals surface area (Å²) < 4.78 is 2.35. The first-order valence-corrected chi connectivity index (χ1v) is 7.74. The number of benzene rings is 1. The summed E-state index contributed by atoms with van der Waals surface area (Å²) in [4.78, 5) is 14.5. The van der Waals surface area contributed by atoms with E-state index in [0.717, 1.165) is 36.8 Å². The number of imidazole rings is 2. The van der Waals surface area contributed by atoms with E-state index in [4.69, 9.17) is 4.98 Å². The first-order valence-electron chi connectivity index (χ1n) is 7.74. The third-order valence-corrected chi connectivity index (χ3v) is 3.67. The normalized spacial score (nSPS) is 11.9. The zero-order valence-electron chi connectivity index (χ0n) is 13.5. The van der Waals surface area contributed by atoms with Gasteiger partial charge in [0, 0.05) is 18.9 Å². The maximum absolute atomic E-state index is 4.83. The van der Waals surface area contributed by atoms with Crippen LogP contribution in [-0.2, 0) is 19.6 Å². The van der Waals surface area contributed by atoms with E-state index in [-0.39, 0.29) is 0 Å². The van der Waals surface area contributed by atoms with Crippen molar-refractivity contribution in [3.05, 3.63) is 48.3 Å². The van der Waals surface area contributed by atoms with Gasteiger partial charge in [-0.25, -0.2) is 9.97 Å². The van der Waals surface area contributed by atoms with Crippen LogP contribution in [0.3, 0.4) is 0 Å². The summed E-state index contributed by atoms with van der Waals surface area (Å²) in [6, 6.07) is 8.37. The number of aromatic nitrogens is 4. The van der Waals surface area contributed by atoms with Crippen LogP contribution in [0.4, 0.5) is 0 Å². The molecule has 0 saturated carbocycles. The lowest BCUT2D eigenvalue weighted by molar-refractivity contribution is 0.296. The second-order valence-electron chi connectivity index (χ2n) is 6.23. The van der Waals surface area contributed by atoms with Gasteiger partial charge >= 0.3 is 0 Å². The number of rotatable bonds is 6. The number of hydrogen-bond donors (Lipinski definition) is 1. The number of fused-ring (bicyclic) bond motifs is 1. The topological polar surface area (TPSA) is 49.7 Å². The summed E-state index contributed by atoms with van der Waals surface area (Å²) in [6.45, 7) is 7.07. The molecule has 5 nitrogen and oxygen atoms in total. The molecule has 0 spiro atoms. The Morgan fingerprint density at radius 1 is 1.23 bits per heavy atom. The average Bonchev–Trinajstić information content (AvgIpc) is 3.08. The minimum atomic E-state index is 0.590. The Kier molecular flexibility index (Phi) is 4.24. The third kappa shape index (κ3) is 3.20. The molecule has 0 saturated heterocycles. The van der Waals surface area contributed by atoms with Gasteiger partial charge in [-0.1, -0.05) is 26.0 Å². The fraction of sp³-hybridized carbons (Fsp3) is 0.412. The lowest BCUT2D eigenvalue weighted by Crippen LogP contribution is -2.21. The van der Waals surface area contributed by atoms with Crippen LogP contribution in [-0.4, -0.2) is 31.5 Å². The molecular formula is C17H23N5. The molecule has 1 N–H and O–H groups in total. The van der Waals surface area contributed by atoms with Crippen LogP contribution in [0, 0.1) is 5.92 Å². The molecule has 22 heavy (non-hydrogen) atoms. The quantitative estimate of drug-likeness (QED) is 0.761. The van der Waals surface area contributed by atoms with E-state index in [1.165, 1.54) is 5.52 Å². The monoisotopic (exact) mass is 297 g/mol. The SMILES string of the molecule is CC(C)Cn1c(CN(C)Cc2ncc[nH]2)nc2ccccc21. The molecule has 0 aliphatic carbocycles. The second kappa shape index (κ2) is 6.32. The Labute approximate surface area is 131 Å². The smallest absolute Gasteiger partial charge is 0.124 e. The van der Waals surface area contributed by atoms with Gasteiger partial charge in [-0.2, -0.15) is 0 Å². The van der Waals surface area contributed by atoms with E-state index >= 15 is 0 Å². The van der Waals surface area contributed by atoms with Crippen LogP contribution in [0.25, 0.3) is 11.0 Å². The van der Waals surface area contributed by atoms with E-state index in [0.29, 0.717) is 5.92 Å². The predicted molar refractivity (Wildman–Crippen MR) is 88.3 cm³/mol. The molecule has 116 valence electrons. The molecule has 2 heterocycles. The Bertz CT molecular complexity index is 727. The minimum Gasteiger partial charge on any atom is -0.348 e. The molecule has 0 radical (unpaired) electrons. The highest BCUT2D eigenvalue weighted by Crippen LogP contribution is 2.19. The van der Waals surface area contributed by atoms with Crippen molar-refractivity contribution in [2.75, 3.05) is 7.05 Å². The van der Waals surface area contributed by atoms with Crippen LogP contribution in [0.15, 0.2) is 36.7 Å². The van der Waals surface area contributed by atoms with Crippen molar-refractivity contribution >= 4 is 11.0 Å². The van der Waals surface area contributed by atoms with Crippen molar-refractivity contribution < 1.29 is 0 Å². The largest absolute Gasteiger partial charge is 0.348 e. The van der Waals surface area contributed by atoms with E-state index in [9.17, 15) is 0 Å². The van der Waals surface area contributed by atoms with Gasteiger partial charge in [0.05, 0.1) is 24.1 Å². The van der Waals surface area contributed by atoms with E-state index < -0.39 is 0 Å². The third-order valence-electron chi connectivity index (χ3n) is 3.67. The maximum Gasteiger partial charge on any atom is 0.124 e. The summed E-state index contributed by atoms with van der Waals surface area (Å²) in [5, 5.41) is 0. The Morgan fingerprint density at radius 2 is 2.05 bits per heavy atom. The number of hydrogen-bond acceptors (Lipinski definition) is 3. The van der Waals surface area contributed by atoms with E-state index in [2.05, 4.69) is 58.5 Å². The van der Waals surface area contributed by atoms with Crippen LogP contribution in [0.2, 0.25) is 0 Å². The minimum absolute atomic E-state index is 0.590. The molecule has 3 rings (SSSR count). The molecule has 1 aromatic carbocycles. The molecule has 3 aromatic rings. The average molecular weight is 297 g/mol. The molecule has 0 fully saturated rings. The molecule has 0 aliphatic rings. The van der Waals surface area contributed by atoms with Crippen LogP contribution >= 0.6 is 0 Å². The molecule has 2 aromatic heterocycles. The highest BCUT2D eigenvalue weighted by molar-refractivity contribution is 5.75. The summed E-state index contributed by atoms with van der Waals surface area (Å²) in [5.74, 6) is 2.68. The highest BCUT2D eigenvalue weighted by atomic mass is 15.2. The molecule has 5 heteroatoms. The van der Waals surface area contributed by atoms with Gasteiger partial charge in [-0.15, -0.1) is 0 Å². The number of nitrogens with one attached hydrogen (secondary N) is 1. The van der Waals surface area contributed by atoms with Crippen molar-refractivity contribution in [3.8, 4) is 0 Å².